The van der Waals surface area contributed by atoms with E-state index in [-0.39, 0.29) is 24.3 Å². The number of hydrogen-bond donors (Lipinski definition) is 1. The van der Waals surface area contributed by atoms with Gasteiger partial charge in [-0.05, 0) is 49.3 Å². The molecule has 2 aliphatic rings. The fourth-order valence-electron chi connectivity index (χ4n) is 4.66. The molecule has 1 N–H and O–H groups in total. The molecule has 2 fully saturated rings. The van der Waals surface area contributed by atoms with E-state index >= 15 is 0 Å². The lowest BCUT2D eigenvalue weighted by Gasteiger charge is -2.20. The van der Waals surface area contributed by atoms with Crippen LogP contribution in [-0.2, 0) is 14.3 Å². The predicted octanol–water partition coefficient (Wildman–Crippen LogP) is 5.60. The molecule has 180 valence electrons. The van der Waals surface area contributed by atoms with Crippen LogP contribution >= 0.6 is 11.8 Å². The Kier molecular flexibility index (Phi) is 6.88. The minimum atomic E-state index is -0.519. The van der Waals surface area contributed by atoms with E-state index in [2.05, 4.69) is 17.4 Å². The molecule has 2 saturated heterocycles. The Morgan fingerprint density at radius 2 is 1.83 bits per heavy atom. The number of nitrogens with one attached hydrogen (secondary N) is 1. The fourth-order valence-corrected chi connectivity index (χ4v) is 5.82. The van der Waals surface area contributed by atoms with Crippen LogP contribution in [0.4, 0.5) is 11.4 Å². The van der Waals surface area contributed by atoms with Crippen molar-refractivity contribution in [3.8, 4) is 0 Å². The lowest BCUT2D eigenvalue weighted by molar-refractivity contribution is -0.129. The van der Waals surface area contributed by atoms with Gasteiger partial charge in [0.25, 0.3) is 0 Å². The van der Waals surface area contributed by atoms with Gasteiger partial charge in [-0.1, -0.05) is 66.4 Å². The van der Waals surface area contributed by atoms with Crippen LogP contribution in [0.15, 0.2) is 65.7 Å². The summed E-state index contributed by atoms with van der Waals surface area (Å²) >= 11 is 1.37. The van der Waals surface area contributed by atoms with Crippen molar-refractivity contribution in [3.63, 3.8) is 0 Å². The van der Waals surface area contributed by atoms with Crippen molar-refractivity contribution in [1.29, 1.82) is 0 Å². The molecule has 35 heavy (non-hydrogen) atoms. The van der Waals surface area contributed by atoms with Gasteiger partial charge in [-0.2, -0.15) is 0 Å². The molecule has 2 amide bonds. The van der Waals surface area contributed by atoms with Crippen molar-refractivity contribution in [1.82, 2.24) is 4.90 Å². The predicted molar refractivity (Wildman–Crippen MR) is 142 cm³/mol. The van der Waals surface area contributed by atoms with Gasteiger partial charge in [0.1, 0.15) is 5.25 Å². The molecule has 2 atom stereocenters. The zero-order valence-electron chi connectivity index (χ0n) is 20.0. The molecule has 3 aromatic carbocycles. The number of amidine groups is 1. The number of aryl methyl sites for hydroxylation is 2. The number of hydrogen-bond acceptors (Lipinski definition) is 5. The van der Waals surface area contributed by atoms with Gasteiger partial charge in [0, 0.05) is 24.1 Å². The Labute approximate surface area is 209 Å². The summed E-state index contributed by atoms with van der Waals surface area (Å²) in [5.74, 6) is -0.252. The van der Waals surface area contributed by atoms with Crippen LogP contribution in [0, 0.1) is 13.8 Å². The number of fused-ring (bicyclic) bond motifs is 1. The second-order valence-electron chi connectivity index (χ2n) is 9.10. The summed E-state index contributed by atoms with van der Waals surface area (Å²) < 4.78 is 5.82. The smallest absolute Gasteiger partial charge is 0.242 e. The van der Waals surface area contributed by atoms with Gasteiger partial charge >= 0.3 is 0 Å². The van der Waals surface area contributed by atoms with E-state index in [0.717, 1.165) is 52.7 Å². The van der Waals surface area contributed by atoms with Crippen molar-refractivity contribution < 1.29 is 14.3 Å². The number of ether oxygens (including phenoxy) is 1. The molecule has 0 saturated carbocycles. The molecule has 0 radical (unpaired) electrons. The highest BCUT2D eigenvalue weighted by Crippen LogP contribution is 2.35. The van der Waals surface area contributed by atoms with Crippen LogP contribution in [-0.4, -0.2) is 46.4 Å². The Balaban J connectivity index is 1.40. The third-order valence-corrected chi connectivity index (χ3v) is 7.70. The minimum absolute atomic E-state index is 0.000498. The van der Waals surface area contributed by atoms with Gasteiger partial charge in [0.2, 0.25) is 11.8 Å². The van der Waals surface area contributed by atoms with Crippen molar-refractivity contribution in [2.24, 2.45) is 4.99 Å². The quantitative estimate of drug-likeness (QED) is 0.492. The zero-order chi connectivity index (χ0) is 24.4. The Hall–Kier alpha value is -3.16. The number of thioether (sulfide) groups is 1. The largest absolute Gasteiger partial charge is 0.376 e. The highest BCUT2D eigenvalue weighted by Gasteiger charge is 2.40. The summed E-state index contributed by atoms with van der Waals surface area (Å²) in [5, 5.41) is 5.25. The average Bonchev–Trinajstić information content (AvgIpc) is 3.46. The SMILES string of the molecule is Cc1cccc(C)c1NC(=O)CC1SC(=Nc2cccc3ccccc23)N(CC2CCCO2)C1=O. The van der Waals surface area contributed by atoms with Crippen LogP contribution in [0.1, 0.15) is 30.4 Å². The molecule has 0 aliphatic carbocycles. The highest BCUT2D eigenvalue weighted by atomic mass is 32.2. The third kappa shape index (κ3) is 5.11. The summed E-state index contributed by atoms with van der Waals surface area (Å²) in [5.41, 5.74) is 3.63. The topological polar surface area (TPSA) is 71.0 Å². The summed E-state index contributed by atoms with van der Waals surface area (Å²) in [6.07, 6.45) is 2.01. The first-order chi connectivity index (χ1) is 17.0. The van der Waals surface area contributed by atoms with E-state index in [0.29, 0.717) is 11.7 Å². The van der Waals surface area contributed by atoms with Gasteiger partial charge < -0.3 is 10.1 Å². The zero-order valence-corrected chi connectivity index (χ0v) is 20.8. The number of nitrogens with zero attached hydrogens (tertiary/aromatic N) is 2. The second-order valence-corrected chi connectivity index (χ2v) is 10.3. The highest BCUT2D eigenvalue weighted by molar-refractivity contribution is 8.15. The summed E-state index contributed by atoms with van der Waals surface area (Å²) in [7, 11) is 0. The van der Waals surface area contributed by atoms with E-state index in [1.807, 2.05) is 62.4 Å². The number of para-hydroxylation sites is 1. The van der Waals surface area contributed by atoms with Crippen LogP contribution in [0.2, 0.25) is 0 Å². The number of benzene rings is 3. The van der Waals surface area contributed by atoms with E-state index in [1.54, 1.807) is 4.90 Å². The molecule has 0 aromatic heterocycles. The monoisotopic (exact) mass is 487 g/mol. The fraction of sp³-hybridized carbons (Fsp3) is 0.321. The summed E-state index contributed by atoms with van der Waals surface area (Å²) in [6, 6.07) is 20.0. The lowest BCUT2D eigenvalue weighted by atomic mass is 10.1. The molecule has 0 spiro atoms. The molecule has 2 aliphatic heterocycles. The lowest BCUT2D eigenvalue weighted by Crippen LogP contribution is -2.38. The molecule has 7 heteroatoms. The molecular weight excluding hydrogens is 458 g/mol. The molecule has 5 rings (SSSR count). The maximum Gasteiger partial charge on any atom is 0.242 e. The van der Waals surface area contributed by atoms with Crippen LogP contribution in [0.25, 0.3) is 10.8 Å². The second kappa shape index (κ2) is 10.2. The van der Waals surface area contributed by atoms with Crippen molar-refractivity contribution >= 4 is 50.9 Å². The Morgan fingerprint density at radius 1 is 1.09 bits per heavy atom. The molecule has 2 heterocycles. The standard InChI is InChI=1S/C28H29N3O3S/c1-18-8-5-9-19(2)26(18)30-25(32)16-24-27(33)31(17-21-12-7-15-34-21)28(35-24)29-23-14-6-11-20-10-3-4-13-22(20)23/h3-6,8-11,13-14,21,24H,7,12,15-17H2,1-2H3,(H,30,32). The average molecular weight is 488 g/mol. The van der Waals surface area contributed by atoms with Crippen LogP contribution < -0.4 is 5.32 Å². The van der Waals surface area contributed by atoms with E-state index < -0.39 is 5.25 Å². The molecule has 3 aromatic rings. The molecule has 6 nitrogen and oxygen atoms in total. The van der Waals surface area contributed by atoms with E-state index in [9.17, 15) is 9.59 Å². The van der Waals surface area contributed by atoms with Gasteiger partial charge in [0.05, 0.1) is 18.3 Å². The van der Waals surface area contributed by atoms with Gasteiger partial charge in [-0.25, -0.2) is 4.99 Å². The number of carbonyl (C=O) groups is 2. The summed E-state index contributed by atoms with van der Waals surface area (Å²) in [6.45, 7) is 5.12. The minimum Gasteiger partial charge on any atom is -0.376 e. The summed E-state index contributed by atoms with van der Waals surface area (Å²) in [4.78, 5) is 33.1. The first-order valence-electron chi connectivity index (χ1n) is 12.0. The molecular formula is C28H29N3O3S. The first kappa shape index (κ1) is 23.6. The number of anilines is 1. The first-order valence-corrected chi connectivity index (χ1v) is 12.9. The Morgan fingerprint density at radius 3 is 2.60 bits per heavy atom. The number of amides is 2. The van der Waals surface area contributed by atoms with Crippen molar-refractivity contribution in [2.45, 2.75) is 44.5 Å². The Bertz CT molecular complexity index is 1270. The maximum atomic E-state index is 13.5. The maximum absolute atomic E-state index is 13.5. The van der Waals surface area contributed by atoms with Gasteiger partial charge in [-0.3, -0.25) is 14.5 Å². The number of rotatable bonds is 6. The number of carbonyl (C=O) groups excluding carboxylic acids is 2. The number of aliphatic imine (C=N–C) groups is 1. The van der Waals surface area contributed by atoms with Gasteiger partial charge in [0.15, 0.2) is 5.17 Å². The van der Waals surface area contributed by atoms with Crippen molar-refractivity contribution in [3.05, 3.63) is 71.8 Å². The normalized spacial score (nSPS) is 21.3. The third-order valence-electron chi connectivity index (χ3n) is 6.53. The van der Waals surface area contributed by atoms with E-state index in [1.165, 1.54) is 11.8 Å². The van der Waals surface area contributed by atoms with Crippen molar-refractivity contribution in [2.75, 3.05) is 18.5 Å². The van der Waals surface area contributed by atoms with Gasteiger partial charge in [-0.15, -0.1) is 0 Å². The van der Waals surface area contributed by atoms with E-state index in [4.69, 9.17) is 9.73 Å². The molecule has 0 bridgehead atoms. The van der Waals surface area contributed by atoms with Crippen LogP contribution in [0.5, 0.6) is 0 Å². The molecule has 2 unspecified atom stereocenters. The van der Waals surface area contributed by atoms with Crippen LogP contribution in [0.3, 0.4) is 0 Å².